The zero-order chi connectivity index (χ0) is 20.2. The van der Waals surface area contributed by atoms with Crippen molar-refractivity contribution < 1.29 is 0 Å². The van der Waals surface area contributed by atoms with Crippen molar-refractivity contribution in [1.29, 1.82) is 0 Å². The van der Waals surface area contributed by atoms with Crippen molar-refractivity contribution in [3.05, 3.63) is 60.3 Å². The predicted octanol–water partition coefficient (Wildman–Crippen LogP) is 3.49. The van der Waals surface area contributed by atoms with Gasteiger partial charge in [0.05, 0.1) is 5.70 Å². The fourth-order valence-electron chi connectivity index (χ4n) is 3.95. The molecule has 29 heavy (non-hydrogen) atoms. The molecule has 0 amide bonds. The summed E-state index contributed by atoms with van der Waals surface area (Å²) in [6.45, 7) is 9.43. The average molecular weight is 390 g/mol. The summed E-state index contributed by atoms with van der Waals surface area (Å²) in [5, 5.41) is 0. The Kier molecular flexibility index (Phi) is 5.55. The van der Waals surface area contributed by atoms with E-state index in [9.17, 15) is 0 Å². The SMILES string of the molecule is C=C1/C(=C(\N=C(C)N2CCCCC2)c2cnc(N)nc2)CCN1c1ccncc1. The molecule has 0 aromatic carbocycles. The maximum absolute atomic E-state index is 5.71. The molecule has 2 aromatic heterocycles. The van der Waals surface area contributed by atoms with Crippen LogP contribution in [0.4, 0.5) is 11.6 Å². The number of nitrogens with two attached hydrogens (primary N) is 1. The number of nitrogens with zero attached hydrogens (tertiary/aromatic N) is 6. The van der Waals surface area contributed by atoms with Crippen LogP contribution in [0.15, 0.2) is 59.8 Å². The number of rotatable bonds is 3. The highest BCUT2D eigenvalue weighted by molar-refractivity contribution is 5.88. The molecule has 4 rings (SSSR count). The summed E-state index contributed by atoms with van der Waals surface area (Å²) >= 11 is 0. The monoisotopic (exact) mass is 389 g/mol. The molecule has 0 atom stereocenters. The summed E-state index contributed by atoms with van der Waals surface area (Å²) in [7, 11) is 0. The first-order valence-corrected chi connectivity index (χ1v) is 10.1. The quantitative estimate of drug-likeness (QED) is 0.639. The Morgan fingerprint density at radius 1 is 1.07 bits per heavy atom. The van der Waals surface area contributed by atoms with Crippen molar-refractivity contribution in [2.24, 2.45) is 4.99 Å². The molecule has 7 heteroatoms. The van der Waals surface area contributed by atoms with Crippen LogP contribution in [-0.4, -0.2) is 45.3 Å². The second-order valence-electron chi connectivity index (χ2n) is 7.42. The van der Waals surface area contributed by atoms with Crippen molar-refractivity contribution in [1.82, 2.24) is 19.9 Å². The van der Waals surface area contributed by atoms with E-state index in [4.69, 9.17) is 10.7 Å². The molecule has 0 radical (unpaired) electrons. The first kappa shape index (κ1) is 19.1. The molecule has 0 aliphatic carbocycles. The molecule has 7 nitrogen and oxygen atoms in total. The lowest BCUT2D eigenvalue weighted by atomic mass is 10.1. The lowest BCUT2D eigenvalue weighted by Crippen LogP contribution is -2.34. The first-order chi connectivity index (χ1) is 14.1. The van der Waals surface area contributed by atoms with E-state index in [1.165, 1.54) is 19.3 Å². The molecule has 2 aliphatic heterocycles. The lowest BCUT2D eigenvalue weighted by molar-refractivity contribution is 0.341. The molecule has 2 fully saturated rings. The molecular weight excluding hydrogens is 362 g/mol. The van der Waals surface area contributed by atoms with Gasteiger partial charge in [0.2, 0.25) is 5.95 Å². The van der Waals surface area contributed by atoms with E-state index in [2.05, 4.69) is 38.3 Å². The number of hydrogen-bond acceptors (Lipinski definition) is 6. The number of nitrogen functional groups attached to an aromatic ring is 1. The van der Waals surface area contributed by atoms with Gasteiger partial charge in [-0.05, 0) is 44.7 Å². The van der Waals surface area contributed by atoms with E-state index in [0.717, 1.165) is 60.1 Å². The van der Waals surface area contributed by atoms with Crippen molar-refractivity contribution in [3.8, 4) is 0 Å². The van der Waals surface area contributed by atoms with Gasteiger partial charge >= 0.3 is 0 Å². The largest absolute Gasteiger partial charge is 0.368 e. The van der Waals surface area contributed by atoms with Crippen LogP contribution >= 0.6 is 0 Å². The predicted molar refractivity (Wildman–Crippen MR) is 117 cm³/mol. The Balaban J connectivity index is 1.73. The van der Waals surface area contributed by atoms with Crippen LogP contribution < -0.4 is 10.6 Å². The summed E-state index contributed by atoms with van der Waals surface area (Å²) < 4.78 is 0. The highest BCUT2D eigenvalue weighted by atomic mass is 15.2. The fourth-order valence-corrected chi connectivity index (χ4v) is 3.95. The highest BCUT2D eigenvalue weighted by Crippen LogP contribution is 2.36. The van der Waals surface area contributed by atoms with E-state index in [1.54, 1.807) is 24.8 Å². The summed E-state index contributed by atoms with van der Waals surface area (Å²) in [6, 6.07) is 4.00. The van der Waals surface area contributed by atoms with Gasteiger partial charge < -0.3 is 15.5 Å². The second-order valence-corrected chi connectivity index (χ2v) is 7.42. The van der Waals surface area contributed by atoms with E-state index in [0.29, 0.717) is 0 Å². The molecule has 150 valence electrons. The zero-order valence-corrected chi connectivity index (χ0v) is 16.9. The van der Waals surface area contributed by atoms with Gasteiger partial charge in [-0.1, -0.05) is 6.58 Å². The molecule has 0 spiro atoms. The maximum Gasteiger partial charge on any atom is 0.219 e. The number of aliphatic imine (C=N–C) groups is 1. The standard InChI is InChI=1S/C22H27N7/c1-16-20(8-13-29(16)19-6-9-24-10-7-19)21(18-14-25-22(23)26-15-18)27-17(2)28-11-4-3-5-12-28/h6-7,9-10,14-15H,1,3-5,8,11-13H2,2H3,(H2,23,25,26)/b21-20-,27-17?. The smallest absolute Gasteiger partial charge is 0.219 e. The number of amidine groups is 1. The number of anilines is 2. The van der Waals surface area contributed by atoms with Crippen LogP contribution in [0.2, 0.25) is 0 Å². The van der Waals surface area contributed by atoms with Crippen molar-refractivity contribution in [3.63, 3.8) is 0 Å². The third-order valence-electron chi connectivity index (χ3n) is 5.55. The van der Waals surface area contributed by atoms with Crippen LogP contribution in [0.1, 0.15) is 38.2 Å². The first-order valence-electron chi connectivity index (χ1n) is 10.1. The summed E-state index contributed by atoms with van der Waals surface area (Å²) in [6.07, 6.45) is 11.7. The van der Waals surface area contributed by atoms with E-state index < -0.39 is 0 Å². The van der Waals surface area contributed by atoms with Gasteiger partial charge in [0.1, 0.15) is 5.84 Å². The Morgan fingerprint density at radius 3 is 2.45 bits per heavy atom. The molecule has 2 aliphatic rings. The normalized spacial score (nSPS) is 19.6. The lowest BCUT2D eigenvalue weighted by Gasteiger charge is -2.28. The minimum absolute atomic E-state index is 0.262. The van der Waals surface area contributed by atoms with Crippen LogP contribution in [0, 0.1) is 0 Å². The zero-order valence-electron chi connectivity index (χ0n) is 16.9. The molecule has 2 aromatic rings. The molecule has 0 bridgehead atoms. The molecule has 2 saturated heterocycles. The highest BCUT2D eigenvalue weighted by Gasteiger charge is 2.26. The number of piperidine rings is 1. The van der Waals surface area contributed by atoms with Crippen LogP contribution in [0.25, 0.3) is 5.70 Å². The van der Waals surface area contributed by atoms with Crippen molar-refractivity contribution >= 4 is 23.2 Å². The molecular formula is C22H27N7. The van der Waals surface area contributed by atoms with Gasteiger partial charge in [-0.15, -0.1) is 0 Å². The van der Waals surface area contributed by atoms with Crippen LogP contribution in [0.5, 0.6) is 0 Å². The number of likely N-dealkylation sites (tertiary alicyclic amines) is 1. The van der Waals surface area contributed by atoms with Crippen molar-refractivity contribution in [2.45, 2.75) is 32.6 Å². The summed E-state index contributed by atoms with van der Waals surface area (Å²) in [5.41, 5.74) is 10.6. The van der Waals surface area contributed by atoms with Gasteiger partial charge in [0.25, 0.3) is 0 Å². The van der Waals surface area contributed by atoms with Crippen LogP contribution in [0.3, 0.4) is 0 Å². The molecule has 0 unspecified atom stereocenters. The third-order valence-corrected chi connectivity index (χ3v) is 5.55. The topological polar surface area (TPSA) is 83.5 Å². The number of hydrogen-bond donors (Lipinski definition) is 1. The maximum atomic E-state index is 5.71. The number of pyridine rings is 1. The Morgan fingerprint density at radius 2 is 1.76 bits per heavy atom. The summed E-state index contributed by atoms with van der Waals surface area (Å²) in [5.74, 6) is 1.29. The van der Waals surface area contributed by atoms with Gasteiger partial charge in [0.15, 0.2) is 0 Å². The number of allylic oxidation sites excluding steroid dienone is 1. The molecule has 4 heterocycles. The fraction of sp³-hybridized carbons (Fsp3) is 0.364. The van der Waals surface area contributed by atoms with E-state index in [-0.39, 0.29) is 5.95 Å². The van der Waals surface area contributed by atoms with E-state index >= 15 is 0 Å². The van der Waals surface area contributed by atoms with Gasteiger partial charge in [-0.2, -0.15) is 0 Å². The Bertz CT molecular complexity index is 925. The minimum Gasteiger partial charge on any atom is -0.368 e. The number of aromatic nitrogens is 3. The van der Waals surface area contributed by atoms with Gasteiger partial charge in [0, 0.05) is 66.9 Å². The van der Waals surface area contributed by atoms with E-state index in [1.807, 2.05) is 12.1 Å². The van der Waals surface area contributed by atoms with Gasteiger partial charge in [-0.25, -0.2) is 15.0 Å². The van der Waals surface area contributed by atoms with Gasteiger partial charge in [-0.3, -0.25) is 4.98 Å². The molecule has 2 N–H and O–H groups in total. The van der Waals surface area contributed by atoms with Crippen LogP contribution in [-0.2, 0) is 0 Å². The minimum atomic E-state index is 0.262. The van der Waals surface area contributed by atoms with Crippen molar-refractivity contribution in [2.75, 3.05) is 30.3 Å². The third kappa shape index (κ3) is 4.13. The molecule has 0 saturated carbocycles. The Hall–Kier alpha value is -3.22. The second kappa shape index (κ2) is 8.43. The summed E-state index contributed by atoms with van der Waals surface area (Å²) in [4.78, 5) is 22.1. The Labute approximate surface area is 171 Å². The average Bonchev–Trinajstić information content (AvgIpc) is 3.15.